The molecule has 0 amide bonds. The van der Waals surface area contributed by atoms with Crippen LogP contribution in [0.15, 0.2) is 66.7 Å². The first-order valence-corrected chi connectivity index (χ1v) is 15.0. The predicted molar refractivity (Wildman–Crippen MR) is 163 cm³/mol. The van der Waals surface area contributed by atoms with Gasteiger partial charge >= 0.3 is 5.97 Å². The van der Waals surface area contributed by atoms with Crippen molar-refractivity contribution in [1.82, 2.24) is 0 Å². The first-order valence-electron chi connectivity index (χ1n) is 15.0. The number of ketones is 1. The number of aliphatic hydroxyl groups is 1. The maximum Gasteiger partial charge on any atom is 0.311 e. The number of carbonyl (C=O) groups excluding carboxylic acids is 2. The van der Waals surface area contributed by atoms with Crippen LogP contribution in [0.3, 0.4) is 0 Å². The Balaban J connectivity index is 1.89. The zero-order valence-corrected chi connectivity index (χ0v) is 26.1. The van der Waals surface area contributed by atoms with Crippen LogP contribution in [-0.4, -0.2) is 47.9 Å². The van der Waals surface area contributed by atoms with E-state index in [-0.39, 0.29) is 17.6 Å². The van der Waals surface area contributed by atoms with Crippen LogP contribution in [-0.2, 0) is 37.0 Å². The van der Waals surface area contributed by atoms with Gasteiger partial charge in [0.15, 0.2) is 5.78 Å². The van der Waals surface area contributed by atoms with Gasteiger partial charge in [0.2, 0.25) is 0 Å². The number of rotatable bonds is 8. The quantitative estimate of drug-likeness (QED) is 0.366. The Morgan fingerprint density at radius 1 is 0.952 bits per heavy atom. The molecule has 8 atom stereocenters. The summed E-state index contributed by atoms with van der Waals surface area (Å²) in [5, 5.41) is 11.4. The summed E-state index contributed by atoms with van der Waals surface area (Å²) in [6.07, 6.45) is 2.25. The zero-order chi connectivity index (χ0) is 30.9. The fourth-order valence-electron chi connectivity index (χ4n) is 5.67. The number of aliphatic hydroxyl groups excluding tert-OH is 1. The lowest BCUT2D eigenvalue weighted by atomic mass is 9.80. The third-order valence-electron chi connectivity index (χ3n) is 8.55. The van der Waals surface area contributed by atoms with E-state index in [1.807, 2.05) is 89.2 Å². The first kappa shape index (κ1) is 33.5. The fourth-order valence-corrected chi connectivity index (χ4v) is 5.67. The number of allylic oxidation sites excluding steroid dienone is 1. The monoisotopic (exact) mass is 580 g/mol. The molecule has 1 aliphatic heterocycles. The van der Waals surface area contributed by atoms with Crippen LogP contribution in [0.25, 0.3) is 0 Å². The third kappa shape index (κ3) is 8.76. The van der Waals surface area contributed by atoms with Gasteiger partial charge in [0.1, 0.15) is 17.5 Å². The van der Waals surface area contributed by atoms with E-state index in [0.29, 0.717) is 26.1 Å². The van der Waals surface area contributed by atoms with Crippen LogP contribution < -0.4 is 4.74 Å². The second-order valence-corrected chi connectivity index (χ2v) is 11.9. The molecule has 2 aromatic rings. The van der Waals surface area contributed by atoms with Gasteiger partial charge in [-0.2, -0.15) is 0 Å². The Morgan fingerprint density at radius 2 is 1.60 bits per heavy atom. The molecule has 0 spiro atoms. The number of ether oxygens (including phenoxy) is 4. The molecule has 1 N–H and O–H groups in total. The van der Waals surface area contributed by atoms with E-state index in [1.165, 1.54) is 0 Å². The third-order valence-corrected chi connectivity index (χ3v) is 8.55. The maximum absolute atomic E-state index is 13.4. The highest BCUT2D eigenvalue weighted by Gasteiger charge is 2.41. The molecule has 230 valence electrons. The van der Waals surface area contributed by atoms with Crippen molar-refractivity contribution in [3.05, 3.63) is 77.9 Å². The molecule has 0 saturated carbocycles. The van der Waals surface area contributed by atoms with Crippen LogP contribution in [0.5, 0.6) is 5.75 Å². The molecule has 0 aromatic heterocycles. The molecular weight excluding hydrogens is 532 g/mol. The second-order valence-electron chi connectivity index (χ2n) is 11.9. The van der Waals surface area contributed by atoms with Gasteiger partial charge in [-0.25, -0.2) is 0 Å². The van der Waals surface area contributed by atoms with Crippen molar-refractivity contribution >= 4 is 11.8 Å². The van der Waals surface area contributed by atoms with Gasteiger partial charge in [0.05, 0.1) is 38.4 Å². The van der Waals surface area contributed by atoms with E-state index >= 15 is 0 Å². The van der Waals surface area contributed by atoms with Crippen LogP contribution in [0.4, 0.5) is 0 Å². The fraction of sp³-hybridized carbons (Fsp3) is 0.543. The SMILES string of the molecule is CC[C@H]1OC(=O)[C@H](C)[C@@H](O)[C@H](C)[C@@H](OCc2ccc(OC)cc2)[C@@H](C)C[C@@H](C)C(=O)/C=C/[C@]1(C)OCc1ccccc1. The van der Waals surface area contributed by atoms with E-state index in [0.717, 1.165) is 16.9 Å². The summed E-state index contributed by atoms with van der Waals surface area (Å²) in [5.74, 6) is -1.34. The number of cyclic esters (lactones) is 1. The van der Waals surface area contributed by atoms with Crippen molar-refractivity contribution in [1.29, 1.82) is 0 Å². The number of hydrogen-bond acceptors (Lipinski definition) is 7. The summed E-state index contributed by atoms with van der Waals surface area (Å²) in [4.78, 5) is 26.8. The van der Waals surface area contributed by atoms with Crippen molar-refractivity contribution in [3.63, 3.8) is 0 Å². The molecule has 0 bridgehead atoms. The summed E-state index contributed by atoms with van der Waals surface area (Å²) in [7, 11) is 1.62. The molecule has 1 aliphatic rings. The molecule has 0 unspecified atom stereocenters. The molecular formula is C35H48O7. The van der Waals surface area contributed by atoms with Gasteiger partial charge in [-0.05, 0) is 68.0 Å². The van der Waals surface area contributed by atoms with Crippen LogP contribution in [0, 0.1) is 23.7 Å². The van der Waals surface area contributed by atoms with E-state index < -0.39 is 41.7 Å². The summed E-state index contributed by atoms with van der Waals surface area (Å²) < 4.78 is 24.0. The van der Waals surface area contributed by atoms with Crippen molar-refractivity contribution in [3.8, 4) is 5.75 Å². The lowest BCUT2D eigenvalue weighted by Gasteiger charge is -2.38. The van der Waals surface area contributed by atoms with Gasteiger partial charge in [-0.15, -0.1) is 0 Å². The van der Waals surface area contributed by atoms with Crippen LogP contribution in [0.1, 0.15) is 65.5 Å². The van der Waals surface area contributed by atoms with Gasteiger partial charge in [-0.3, -0.25) is 9.59 Å². The van der Waals surface area contributed by atoms with E-state index in [2.05, 4.69) is 0 Å². The highest BCUT2D eigenvalue weighted by molar-refractivity contribution is 5.91. The maximum atomic E-state index is 13.4. The molecule has 7 heteroatoms. The average Bonchev–Trinajstić information content (AvgIpc) is 3.00. The van der Waals surface area contributed by atoms with Crippen molar-refractivity contribution in [2.75, 3.05) is 7.11 Å². The van der Waals surface area contributed by atoms with Crippen molar-refractivity contribution < 1.29 is 33.6 Å². The predicted octanol–water partition coefficient (Wildman–Crippen LogP) is 6.31. The lowest BCUT2D eigenvalue weighted by Crippen LogP contribution is -2.47. The number of benzene rings is 2. The summed E-state index contributed by atoms with van der Waals surface area (Å²) in [6.45, 7) is 11.9. The van der Waals surface area contributed by atoms with E-state index in [4.69, 9.17) is 18.9 Å². The largest absolute Gasteiger partial charge is 0.497 e. The highest BCUT2D eigenvalue weighted by Crippen LogP contribution is 2.32. The summed E-state index contributed by atoms with van der Waals surface area (Å²) in [6, 6.07) is 17.4. The van der Waals surface area contributed by atoms with Crippen LogP contribution in [0.2, 0.25) is 0 Å². The number of hydrogen-bond donors (Lipinski definition) is 1. The normalized spacial score (nSPS) is 32.0. The van der Waals surface area contributed by atoms with Crippen molar-refractivity contribution in [2.45, 2.75) is 91.5 Å². The number of carbonyl (C=O) groups is 2. The molecule has 42 heavy (non-hydrogen) atoms. The number of esters is 1. The average molecular weight is 581 g/mol. The summed E-state index contributed by atoms with van der Waals surface area (Å²) >= 11 is 0. The van der Waals surface area contributed by atoms with Crippen molar-refractivity contribution in [2.24, 2.45) is 23.7 Å². The molecule has 0 fully saturated rings. The standard InChI is InChI=1S/C35H48O7/c1-8-31-35(6,41-22-27-12-10-9-11-13-27)19-18-30(36)23(2)20-24(3)33(25(4)32(37)26(5)34(38)42-31)40-21-28-14-16-29(39-7)17-15-28/h9-19,23-26,31-33,37H,8,20-22H2,1-7H3/b19-18+/t23-,24+,25+,26-,31-,32+,33+,35+/m1/s1. The number of methoxy groups -OCH3 is 1. The Labute approximate surface area is 251 Å². The molecule has 3 rings (SSSR count). The van der Waals surface area contributed by atoms with Gasteiger partial charge in [0.25, 0.3) is 0 Å². The molecule has 0 aliphatic carbocycles. The molecule has 2 aromatic carbocycles. The lowest BCUT2D eigenvalue weighted by molar-refractivity contribution is -0.177. The minimum atomic E-state index is -1.05. The zero-order valence-electron chi connectivity index (χ0n) is 26.1. The minimum Gasteiger partial charge on any atom is -0.497 e. The van der Waals surface area contributed by atoms with E-state index in [9.17, 15) is 14.7 Å². The molecule has 7 nitrogen and oxygen atoms in total. The molecule has 0 saturated heterocycles. The smallest absolute Gasteiger partial charge is 0.311 e. The Hall–Kier alpha value is -3.00. The molecule has 1 heterocycles. The van der Waals surface area contributed by atoms with Crippen LogP contribution >= 0.6 is 0 Å². The highest BCUT2D eigenvalue weighted by atomic mass is 16.6. The minimum absolute atomic E-state index is 0.0369. The van der Waals surface area contributed by atoms with E-state index in [1.54, 1.807) is 26.2 Å². The topological polar surface area (TPSA) is 91.3 Å². The molecule has 0 radical (unpaired) electrons. The first-order chi connectivity index (χ1) is 20.0. The van der Waals surface area contributed by atoms with Gasteiger partial charge in [0, 0.05) is 11.8 Å². The van der Waals surface area contributed by atoms with Gasteiger partial charge in [-0.1, -0.05) is 70.2 Å². The Kier molecular flexibility index (Phi) is 12.3. The second kappa shape index (κ2) is 15.5. The van der Waals surface area contributed by atoms with Gasteiger partial charge < -0.3 is 24.1 Å². The Morgan fingerprint density at radius 3 is 2.21 bits per heavy atom. The Bertz CT molecular complexity index is 1160. The summed E-state index contributed by atoms with van der Waals surface area (Å²) in [5.41, 5.74) is 0.884.